The molecule has 0 aliphatic carbocycles. The molecule has 0 N–H and O–H groups in total. The van der Waals surface area contributed by atoms with Crippen molar-refractivity contribution in [1.29, 1.82) is 5.26 Å². The van der Waals surface area contributed by atoms with Crippen LogP contribution in [0, 0.1) is 11.3 Å². The lowest BCUT2D eigenvalue weighted by atomic mass is 10.3. The van der Waals surface area contributed by atoms with Gasteiger partial charge < -0.3 is 0 Å². The van der Waals surface area contributed by atoms with E-state index in [0.717, 1.165) is 0 Å². The Morgan fingerprint density at radius 2 is 2.00 bits per heavy atom. The van der Waals surface area contributed by atoms with Gasteiger partial charge in [-0.15, -0.1) is 0 Å². The zero-order valence-electron chi connectivity index (χ0n) is 6.31. The number of allylic oxidation sites excluding steroid dienone is 3. The molecule has 0 spiro atoms. The molecule has 0 aromatic rings. The number of hydrogen-bond donors (Lipinski definition) is 0. The second-order valence-electron chi connectivity index (χ2n) is 1.14. The zero-order valence-corrected chi connectivity index (χ0v) is 6.31. The molecule has 0 unspecified atom stereocenters. The van der Waals surface area contributed by atoms with E-state index in [0.29, 0.717) is 5.57 Å². The van der Waals surface area contributed by atoms with Crippen molar-refractivity contribution < 1.29 is 0 Å². The van der Waals surface area contributed by atoms with Gasteiger partial charge in [0.1, 0.15) is 0 Å². The van der Waals surface area contributed by atoms with Crippen LogP contribution in [0.25, 0.3) is 0 Å². The van der Waals surface area contributed by atoms with Gasteiger partial charge in [0, 0.05) is 5.57 Å². The predicted octanol–water partition coefficient (Wildman–Crippen LogP) is 2.67. The minimum atomic E-state index is 0.502. The Balaban J connectivity index is 0. The van der Waals surface area contributed by atoms with Crippen molar-refractivity contribution in [3.63, 3.8) is 0 Å². The number of nitrogens with zero attached hydrogens (tertiary/aromatic N) is 1. The van der Waals surface area contributed by atoms with E-state index in [2.05, 4.69) is 6.58 Å². The SMILES string of the molecule is C=C(C#N)/C=C\C.CC. The third-order valence-electron chi connectivity index (χ3n) is 0.511. The molecular formula is C8H13N. The standard InChI is InChI=1S/C6H7N.C2H6/c1-3-4-6(2)5-7;1-2/h3-4H,2H2,1H3;1-2H3/b4-3-;. The Kier molecular flexibility index (Phi) is 12.1. The van der Waals surface area contributed by atoms with Crippen molar-refractivity contribution in [2.45, 2.75) is 20.8 Å². The van der Waals surface area contributed by atoms with E-state index in [-0.39, 0.29) is 0 Å². The van der Waals surface area contributed by atoms with Crippen LogP contribution < -0.4 is 0 Å². The zero-order chi connectivity index (χ0) is 7.70. The van der Waals surface area contributed by atoms with Crippen molar-refractivity contribution in [3.8, 4) is 6.07 Å². The largest absolute Gasteiger partial charge is 0.192 e. The summed E-state index contributed by atoms with van der Waals surface area (Å²) in [7, 11) is 0. The van der Waals surface area contributed by atoms with Crippen LogP contribution in [-0.2, 0) is 0 Å². The highest BCUT2D eigenvalue weighted by molar-refractivity contribution is 5.28. The minimum Gasteiger partial charge on any atom is -0.192 e. The molecule has 0 aliphatic rings. The third-order valence-corrected chi connectivity index (χ3v) is 0.511. The van der Waals surface area contributed by atoms with E-state index < -0.39 is 0 Å². The van der Waals surface area contributed by atoms with E-state index in [1.54, 1.807) is 12.2 Å². The van der Waals surface area contributed by atoms with Crippen LogP contribution in [-0.4, -0.2) is 0 Å². The Morgan fingerprint density at radius 1 is 1.56 bits per heavy atom. The maximum Gasteiger partial charge on any atom is 0.0985 e. The van der Waals surface area contributed by atoms with E-state index in [1.807, 2.05) is 26.8 Å². The summed E-state index contributed by atoms with van der Waals surface area (Å²) in [6.45, 7) is 9.26. The molecule has 0 bridgehead atoms. The molecule has 0 radical (unpaired) electrons. The predicted molar refractivity (Wildman–Crippen MR) is 40.9 cm³/mol. The summed E-state index contributed by atoms with van der Waals surface area (Å²) in [5.41, 5.74) is 0.502. The van der Waals surface area contributed by atoms with Gasteiger partial charge in [-0.1, -0.05) is 26.5 Å². The molecule has 0 rings (SSSR count). The van der Waals surface area contributed by atoms with Gasteiger partial charge in [0.2, 0.25) is 0 Å². The molecule has 0 aromatic heterocycles. The fourth-order valence-electron chi connectivity index (χ4n) is 0.238. The Labute approximate surface area is 57.3 Å². The molecule has 0 saturated carbocycles. The molecule has 0 fully saturated rings. The molecule has 1 heteroatoms. The lowest BCUT2D eigenvalue weighted by molar-refractivity contribution is 1.50. The quantitative estimate of drug-likeness (QED) is 0.388. The lowest BCUT2D eigenvalue weighted by Crippen LogP contribution is -1.60. The van der Waals surface area contributed by atoms with Crippen LogP contribution in [0.1, 0.15) is 20.8 Å². The lowest BCUT2D eigenvalue weighted by Gasteiger charge is -1.72. The third kappa shape index (κ3) is 10.9. The molecule has 50 valence electrons. The highest BCUT2D eigenvalue weighted by Crippen LogP contribution is 1.85. The number of nitriles is 1. The number of hydrogen-bond acceptors (Lipinski definition) is 1. The van der Waals surface area contributed by atoms with Crippen LogP contribution in [0.5, 0.6) is 0 Å². The smallest absolute Gasteiger partial charge is 0.0985 e. The first-order chi connectivity index (χ1) is 4.31. The molecular weight excluding hydrogens is 110 g/mol. The van der Waals surface area contributed by atoms with Crippen molar-refractivity contribution in [2.24, 2.45) is 0 Å². The maximum atomic E-state index is 8.07. The summed E-state index contributed by atoms with van der Waals surface area (Å²) in [6, 6.07) is 1.88. The van der Waals surface area contributed by atoms with Crippen molar-refractivity contribution in [3.05, 3.63) is 24.3 Å². The summed E-state index contributed by atoms with van der Waals surface area (Å²) < 4.78 is 0. The minimum absolute atomic E-state index is 0.502. The van der Waals surface area contributed by atoms with Gasteiger partial charge in [-0.25, -0.2) is 0 Å². The van der Waals surface area contributed by atoms with Gasteiger partial charge in [0.25, 0.3) is 0 Å². The normalized spacial score (nSPS) is 7.33. The highest BCUT2D eigenvalue weighted by Gasteiger charge is 1.73. The average molecular weight is 123 g/mol. The summed E-state index contributed by atoms with van der Waals surface area (Å²) in [5.74, 6) is 0. The van der Waals surface area contributed by atoms with E-state index in [9.17, 15) is 0 Å². The van der Waals surface area contributed by atoms with E-state index in [4.69, 9.17) is 5.26 Å². The first-order valence-corrected chi connectivity index (χ1v) is 3.03. The topological polar surface area (TPSA) is 23.8 Å². The van der Waals surface area contributed by atoms with Gasteiger partial charge in [-0.2, -0.15) is 5.26 Å². The van der Waals surface area contributed by atoms with Gasteiger partial charge in [-0.3, -0.25) is 0 Å². The summed E-state index contributed by atoms with van der Waals surface area (Å²) in [6.07, 6.45) is 3.45. The highest BCUT2D eigenvalue weighted by atomic mass is 14.2. The van der Waals surface area contributed by atoms with Crippen LogP contribution in [0.15, 0.2) is 24.3 Å². The van der Waals surface area contributed by atoms with Gasteiger partial charge >= 0.3 is 0 Å². The van der Waals surface area contributed by atoms with Crippen molar-refractivity contribution in [1.82, 2.24) is 0 Å². The fraction of sp³-hybridized carbons (Fsp3) is 0.375. The number of rotatable bonds is 1. The van der Waals surface area contributed by atoms with Gasteiger partial charge in [0.05, 0.1) is 6.07 Å². The van der Waals surface area contributed by atoms with Gasteiger partial charge in [-0.05, 0) is 13.0 Å². The molecule has 0 aromatic carbocycles. The molecule has 0 aliphatic heterocycles. The average Bonchev–Trinajstić information content (AvgIpc) is 1.93. The summed E-state index contributed by atoms with van der Waals surface area (Å²) >= 11 is 0. The van der Waals surface area contributed by atoms with Crippen LogP contribution in [0.3, 0.4) is 0 Å². The first-order valence-electron chi connectivity index (χ1n) is 3.03. The Bertz CT molecular complexity index is 126. The Morgan fingerprint density at radius 3 is 2.11 bits per heavy atom. The van der Waals surface area contributed by atoms with Gasteiger partial charge in [0.15, 0.2) is 0 Å². The second kappa shape index (κ2) is 10.1. The van der Waals surface area contributed by atoms with Crippen molar-refractivity contribution >= 4 is 0 Å². The second-order valence-corrected chi connectivity index (χ2v) is 1.14. The van der Waals surface area contributed by atoms with E-state index in [1.165, 1.54) is 0 Å². The molecule has 0 heterocycles. The molecule has 0 atom stereocenters. The Hall–Kier alpha value is -1.03. The van der Waals surface area contributed by atoms with Crippen LogP contribution >= 0.6 is 0 Å². The van der Waals surface area contributed by atoms with E-state index >= 15 is 0 Å². The summed E-state index contributed by atoms with van der Waals surface area (Å²) in [4.78, 5) is 0. The first kappa shape index (κ1) is 10.9. The molecule has 1 nitrogen and oxygen atoms in total. The van der Waals surface area contributed by atoms with Crippen LogP contribution in [0.2, 0.25) is 0 Å². The summed E-state index contributed by atoms with van der Waals surface area (Å²) in [5, 5.41) is 8.07. The van der Waals surface area contributed by atoms with Crippen LogP contribution in [0.4, 0.5) is 0 Å². The van der Waals surface area contributed by atoms with Crippen molar-refractivity contribution in [2.75, 3.05) is 0 Å². The molecule has 0 saturated heterocycles. The monoisotopic (exact) mass is 123 g/mol. The maximum absolute atomic E-state index is 8.07. The fourth-order valence-corrected chi connectivity index (χ4v) is 0.238. The molecule has 9 heavy (non-hydrogen) atoms. The molecule has 0 amide bonds.